The molecule has 0 radical (unpaired) electrons. The van der Waals surface area contributed by atoms with Crippen molar-refractivity contribution in [3.8, 4) is 10.8 Å². The number of nitrogens with zero attached hydrogens (tertiary/aromatic N) is 2. The quantitative estimate of drug-likeness (QED) is 0.477. The Morgan fingerprint density at radius 2 is 2.24 bits per heavy atom. The van der Waals surface area contributed by atoms with Gasteiger partial charge in [0.15, 0.2) is 5.96 Å². The van der Waals surface area contributed by atoms with Crippen molar-refractivity contribution in [2.24, 2.45) is 4.99 Å². The van der Waals surface area contributed by atoms with Gasteiger partial charge in [-0.15, -0.1) is 11.3 Å². The maximum atomic E-state index is 5.54. The lowest BCUT2D eigenvalue weighted by Crippen LogP contribution is -2.39. The molecule has 0 saturated carbocycles. The average molecular weight is 375 g/mol. The van der Waals surface area contributed by atoms with Crippen LogP contribution in [0.4, 0.5) is 0 Å². The van der Waals surface area contributed by atoms with E-state index in [4.69, 9.17) is 4.42 Å². The topological polar surface area (TPSA) is 62.5 Å². The molecule has 0 spiro atoms. The maximum absolute atomic E-state index is 5.54. The fraction of sp³-hybridized carbons (Fsp3) is 0.333. The predicted octanol–water partition coefficient (Wildman–Crippen LogP) is 4.32. The summed E-state index contributed by atoms with van der Waals surface area (Å²) < 4.78 is 5.54. The monoisotopic (exact) mass is 374 g/mol. The van der Waals surface area contributed by atoms with Crippen molar-refractivity contribution in [3.05, 3.63) is 51.9 Å². The van der Waals surface area contributed by atoms with E-state index in [1.807, 2.05) is 17.5 Å². The number of aromatic nitrogens is 1. The molecule has 0 aliphatic rings. The molecule has 3 aromatic heterocycles. The van der Waals surface area contributed by atoms with Gasteiger partial charge in [0, 0.05) is 13.1 Å². The van der Waals surface area contributed by atoms with Gasteiger partial charge >= 0.3 is 0 Å². The van der Waals surface area contributed by atoms with Crippen molar-refractivity contribution < 1.29 is 4.42 Å². The van der Waals surface area contributed by atoms with Gasteiger partial charge in [-0.1, -0.05) is 13.0 Å². The highest BCUT2D eigenvalue weighted by atomic mass is 32.1. The summed E-state index contributed by atoms with van der Waals surface area (Å²) in [5.74, 6) is 1.89. The van der Waals surface area contributed by atoms with Crippen LogP contribution in [0.25, 0.3) is 10.8 Å². The van der Waals surface area contributed by atoms with E-state index in [1.54, 1.807) is 28.9 Å². The van der Waals surface area contributed by atoms with E-state index in [2.05, 4.69) is 51.3 Å². The molecule has 3 aromatic rings. The number of hydrogen-bond donors (Lipinski definition) is 2. The summed E-state index contributed by atoms with van der Waals surface area (Å²) in [6.45, 7) is 6.41. The minimum atomic E-state index is 0.438. The van der Waals surface area contributed by atoms with Crippen LogP contribution in [-0.4, -0.2) is 24.0 Å². The molecule has 132 valence electrons. The molecule has 7 heteroatoms. The standard InChI is InChI=1S/C18H22N4OS2/c1-3-19-18(20-9-13(2)14-6-8-24-12-14)21-10-15-11-23-17(22-15)16-5-4-7-25-16/h4-8,11-13H,3,9-10H2,1-2H3,(H2,19,20,21). The molecular formula is C18H22N4OS2. The number of aliphatic imine (C=N–C) groups is 1. The Labute approximate surface area is 155 Å². The van der Waals surface area contributed by atoms with E-state index in [-0.39, 0.29) is 0 Å². The van der Waals surface area contributed by atoms with E-state index < -0.39 is 0 Å². The highest BCUT2D eigenvalue weighted by molar-refractivity contribution is 7.13. The van der Waals surface area contributed by atoms with E-state index in [9.17, 15) is 0 Å². The Kier molecular flexibility index (Phi) is 6.25. The van der Waals surface area contributed by atoms with Crippen LogP contribution in [0, 0.1) is 0 Å². The normalized spacial score (nSPS) is 13.0. The smallest absolute Gasteiger partial charge is 0.236 e. The summed E-state index contributed by atoms with van der Waals surface area (Å²) in [6, 6.07) is 6.16. The van der Waals surface area contributed by atoms with Gasteiger partial charge in [0.25, 0.3) is 0 Å². The van der Waals surface area contributed by atoms with Crippen molar-refractivity contribution >= 4 is 28.6 Å². The van der Waals surface area contributed by atoms with Crippen LogP contribution in [0.5, 0.6) is 0 Å². The van der Waals surface area contributed by atoms with Gasteiger partial charge in [-0.25, -0.2) is 9.98 Å². The van der Waals surface area contributed by atoms with Crippen molar-refractivity contribution in [1.82, 2.24) is 15.6 Å². The molecule has 25 heavy (non-hydrogen) atoms. The first-order valence-electron chi connectivity index (χ1n) is 8.28. The first kappa shape index (κ1) is 17.7. The molecular weight excluding hydrogens is 352 g/mol. The number of hydrogen-bond acceptors (Lipinski definition) is 5. The van der Waals surface area contributed by atoms with Gasteiger partial charge in [0.2, 0.25) is 5.89 Å². The lowest BCUT2D eigenvalue weighted by molar-refractivity contribution is 0.574. The molecule has 0 bridgehead atoms. The lowest BCUT2D eigenvalue weighted by Gasteiger charge is -2.15. The van der Waals surface area contributed by atoms with Gasteiger partial charge in [0.05, 0.1) is 11.4 Å². The molecule has 0 aliphatic heterocycles. The Balaban J connectivity index is 1.58. The first-order chi connectivity index (χ1) is 12.3. The molecule has 0 saturated heterocycles. The SMILES string of the molecule is CCNC(=NCc1coc(-c2cccs2)n1)NCC(C)c1ccsc1. The molecule has 5 nitrogen and oxygen atoms in total. The number of thiophene rings is 2. The van der Waals surface area contributed by atoms with Crippen molar-refractivity contribution in [2.75, 3.05) is 13.1 Å². The van der Waals surface area contributed by atoms with Gasteiger partial charge < -0.3 is 15.1 Å². The number of rotatable bonds is 7. The zero-order chi connectivity index (χ0) is 17.5. The molecule has 3 heterocycles. The molecule has 1 atom stereocenters. The van der Waals surface area contributed by atoms with Crippen molar-refractivity contribution in [1.29, 1.82) is 0 Å². The summed E-state index contributed by atoms with van der Waals surface area (Å²) in [4.78, 5) is 10.1. The summed E-state index contributed by atoms with van der Waals surface area (Å²) >= 11 is 3.35. The average Bonchev–Trinajstić information content (AvgIpc) is 3.38. The van der Waals surface area contributed by atoms with Crippen molar-refractivity contribution in [2.45, 2.75) is 26.3 Å². The van der Waals surface area contributed by atoms with Gasteiger partial charge in [0.1, 0.15) is 12.0 Å². The third-order valence-corrected chi connectivity index (χ3v) is 5.27. The highest BCUT2D eigenvalue weighted by Crippen LogP contribution is 2.23. The summed E-state index contributed by atoms with van der Waals surface area (Å²) in [5.41, 5.74) is 2.18. The predicted molar refractivity (Wildman–Crippen MR) is 105 cm³/mol. The number of nitrogens with one attached hydrogen (secondary N) is 2. The molecule has 2 N–H and O–H groups in total. The highest BCUT2D eigenvalue weighted by Gasteiger charge is 2.09. The van der Waals surface area contributed by atoms with Crippen LogP contribution in [0.1, 0.15) is 31.0 Å². The second kappa shape index (κ2) is 8.82. The van der Waals surface area contributed by atoms with Crippen LogP contribution in [0.15, 0.2) is 50.0 Å². The van der Waals surface area contributed by atoms with E-state index in [0.29, 0.717) is 18.4 Å². The fourth-order valence-corrected chi connectivity index (χ4v) is 3.76. The summed E-state index contributed by atoms with van der Waals surface area (Å²) in [6.07, 6.45) is 1.68. The Hall–Kier alpha value is -2.12. The van der Waals surface area contributed by atoms with Crippen molar-refractivity contribution in [3.63, 3.8) is 0 Å². The van der Waals surface area contributed by atoms with E-state index in [0.717, 1.165) is 29.6 Å². The van der Waals surface area contributed by atoms with Crippen LogP contribution >= 0.6 is 22.7 Å². The molecule has 0 fully saturated rings. The van der Waals surface area contributed by atoms with Crippen LogP contribution in [-0.2, 0) is 6.54 Å². The second-order valence-corrected chi connectivity index (χ2v) is 7.38. The third kappa shape index (κ3) is 4.93. The Bertz CT molecular complexity index is 778. The largest absolute Gasteiger partial charge is 0.443 e. The first-order valence-corrected chi connectivity index (χ1v) is 10.1. The summed E-state index contributed by atoms with van der Waals surface area (Å²) in [5, 5.41) is 13.0. The van der Waals surface area contributed by atoms with Gasteiger partial charge in [-0.05, 0) is 46.7 Å². The minimum absolute atomic E-state index is 0.438. The fourth-order valence-electron chi connectivity index (χ4n) is 2.32. The Morgan fingerprint density at radius 1 is 1.32 bits per heavy atom. The zero-order valence-electron chi connectivity index (χ0n) is 14.4. The molecule has 3 rings (SSSR count). The molecule has 0 aliphatic carbocycles. The maximum Gasteiger partial charge on any atom is 0.236 e. The minimum Gasteiger partial charge on any atom is -0.443 e. The van der Waals surface area contributed by atoms with Gasteiger partial charge in [-0.2, -0.15) is 11.3 Å². The molecule has 0 aromatic carbocycles. The zero-order valence-corrected chi connectivity index (χ0v) is 16.0. The lowest BCUT2D eigenvalue weighted by atomic mass is 10.1. The third-order valence-electron chi connectivity index (χ3n) is 3.72. The summed E-state index contributed by atoms with van der Waals surface area (Å²) in [7, 11) is 0. The van der Waals surface area contributed by atoms with Gasteiger partial charge in [-0.3, -0.25) is 0 Å². The number of oxazole rings is 1. The second-order valence-electron chi connectivity index (χ2n) is 5.66. The molecule has 1 unspecified atom stereocenters. The van der Waals surface area contributed by atoms with Crippen LogP contribution < -0.4 is 10.6 Å². The van der Waals surface area contributed by atoms with Crippen LogP contribution in [0.2, 0.25) is 0 Å². The Morgan fingerprint density at radius 3 is 2.96 bits per heavy atom. The molecule has 0 amide bonds. The number of guanidine groups is 1. The van der Waals surface area contributed by atoms with E-state index >= 15 is 0 Å². The van der Waals surface area contributed by atoms with E-state index in [1.165, 1.54) is 5.56 Å². The van der Waals surface area contributed by atoms with Crippen LogP contribution in [0.3, 0.4) is 0 Å².